The van der Waals surface area contributed by atoms with Crippen LogP contribution in [-0.4, -0.2) is 18.9 Å². The number of rotatable bonds is 3. The largest absolute Gasteiger partial charge is 0.468 e. The summed E-state index contributed by atoms with van der Waals surface area (Å²) < 4.78 is 19.7. The van der Waals surface area contributed by atoms with Crippen molar-refractivity contribution in [3.05, 3.63) is 94.0 Å². The third kappa shape index (κ3) is 3.54. The van der Waals surface area contributed by atoms with E-state index in [0.717, 1.165) is 5.56 Å². The molecule has 2 aliphatic rings. The van der Waals surface area contributed by atoms with Crippen LogP contribution in [0, 0.1) is 11.7 Å². The fraction of sp³-hybridized carbons (Fsp3) is 0.250. The van der Waals surface area contributed by atoms with Gasteiger partial charge in [0.2, 0.25) is 0 Å². The zero-order valence-electron chi connectivity index (χ0n) is 16.5. The van der Waals surface area contributed by atoms with Crippen molar-refractivity contribution in [2.24, 2.45) is 5.92 Å². The average Bonchev–Trinajstić information content (AvgIpc) is 2.73. The number of ketones is 1. The number of carbonyl (C=O) groups is 2. The fourth-order valence-corrected chi connectivity index (χ4v) is 4.61. The third-order valence-corrected chi connectivity index (χ3v) is 6.13. The molecule has 3 unspecified atom stereocenters. The zero-order chi connectivity index (χ0) is 21.4. The van der Waals surface area contributed by atoms with Crippen molar-refractivity contribution >= 4 is 23.4 Å². The van der Waals surface area contributed by atoms with Gasteiger partial charge in [0.05, 0.1) is 7.11 Å². The number of hydrogen-bond donors (Lipinski definition) is 1. The molecular weight excluding hydrogens is 405 g/mol. The highest BCUT2D eigenvalue weighted by Crippen LogP contribution is 2.47. The summed E-state index contributed by atoms with van der Waals surface area (Å²) in [6, 6.07) is 13.6. The van der Waals surface area contributed by atoms with E-state index in [-0.39, 0.29) is 18.1 Å². The first-order valence-electron chi connectivity index (χ1n) is 9.70. The van der Waals surface area contributed by atoms with E-state index in [9.17, 15) is 14.0 Å². The second kappa shape index (κ2) is 8.07. The Kier molecular flexibility index (Phi) is 5.48. The van der Waals surface area contributed by atoms with Gasteiger partial charge in [-0.25, -0.2) is 4.39 Å². The molecule has 0 spiro atoms. The van der Waals surface area contributed by atoms with Crippen LogP contribution < -0.4 is 5.32 Å². The van der Waals surface area contributed by atoms with Crippen LogP contribution >= 0.6 is 11.6 Å². The van der Waals surface area contributed by atoms with Crippen LogP contribution in [0.2, 0.25) is 5.02 Å². The summed E-state index contributed by atoms with van der Waals surface area (Å²) in [5.74, 6) is -2.84. The minimum atomic E-state index is -0.887. The lowest BCUT2D eigenvalue weighted by Gasteiger charge is -2.40. The molecule has 1 N–H and O–H groups in total. The van der Waals surface area contributed by atoms with Gasteiger partial charge >= 0.3 is 5.97 Å². The Morgan fingerprint density at radius 3 is 2.53 bits per heavy atom. The van der Waals surface area contributed by atoms with Crippen molar-refractivity contribution in [1.82, 2.24) is 5.32 Å². The first-order chi connectivity index (χ1) is 14.4. The van der Waals surface area contributed by atoms with Crippen molar-refractivity contribution < 1.29 is 18.7 Å². The predicted molar refractivity (Wildman–Crippen MR) is 112 cm³/mol. The second-order valence-corrected chi connectivity index (χ2v) is 8.06. The van der Waals surface area contributed by atoms with Crippen LogP contribution in [0.25, 0.3) is 0 Å². The highest BCUT2D eigenvalue weighted by Gasteiger charge is 2.46. The molecule has 0 radical (unpaired) electrons. The lowest BCUT2D eigenvalue weighted by molar-refractivity contribution is -0.144. The Hall–Kier alpha value is -2.92. The Labute approximate surface area is 179 Å². The van der Waals surface area contributed by atoms with E-state index in [0.29, 0.717) is 34.0 Å². The molecule has 0 saturated heterocycles. The maximum absolute atomic E-state index is 14.8. The Morgan fingerprint density at radius 2 is 1.87 bits per heavy atom. The molecule has 2 aromatic carbocycles. The van der Waals surface area contributed by atoms with Gasteiger partial charge in [0, 0.05) is 34.3 Å². The summed E-state index contributed by atoms with van der Waals surface area (Å²) >= 11 is 5.99. The molecule has 4 nitrogen and oxygen atoms in total. The SMILES string of the molecule is C=C1NC2=C(C(=O)CC(c3ccc(Cl)cc3)C2)C(c2ccccc2F)C1C(=O)OC. The van der Waals surface area contributed by atoms with Gasteiger partial charge in [0.15, 0.2) is 5.78 Å². The smallest absolute Gasteiger partial charge is 0.315 e. The number of Topliss-reactive ketones (excluding diaryl/α,β-unsaturated/α-hetero) is 1. The number of nitrogens with one attached hydrogen (secondary N) is 1. The third-order valence-electron chi connectivity index (χ3n) is 5.88. The molecule has 154 valence electrons. The number of benzene rings is 2. The summed E-state index contributed by atoms with van der Waals surface area (Å²) in [5, 5.41) is 3.79. The van der Waals surface area contributed by atoms with E-state index in [1.807, 2.05) is 12.1 Å². The Morgan fingerprint density at radius 1 is 1.17 bits per heavy atom. The van der Waals surface area contributed by atoms with Crippen LogP contribution in [-0.2, 0) is 14.3 Å². The first-order valence-corrected chi connectivity index (χ1v) is 10.1. The second-order valence-electron chi connectivity index (χ2n) is 7.62. The number of esters is 1. The van der Waals surface area contributed by atoms with Crippen molar-refractivity contribution in [3.63, 3.8) is 0 Å². The number of halogens is 2. The molecule has 2 aromatic rings. The van der Waals surface area contributed by atoms with E-state index in [1.54, 1.807) is 30.3 Å². The molecule has 1 heterocycles. The quantitative estimate of drug-likeness (QED) is 0.713. The maximum atomic E-state index is 14.8. The van der Waals surface area contributed by atoms with Crippen molar-refractivity contribution in [3.8, 4) is 0 Å². The van der Waals surface area contributed by atoms with Gasteiger partial charge < -0.3 is 10.1 Å². The summed E-state index contributed by atoms with van der Waals surface area (Å²) in [4.78, 5) is 25.9. The van der Waals surface area contributed by atoms with E-state index >= 15 is 0 Å². The molecule has 4 rings (SSSR count). The van der Waals surface area contributed by atoms with Gasteiger partial charge in [-0.3, -0.25) is 9.59 Å². The van der Waals surface area contributed by atoms with Gasteiger partial charge in [-0.1, -0.05) is 48.5 Å². The van der Waals surface area contributed by atoms with Crippen LogP contribution in [0.1, 0.15) is 35.8 Å². The minimum absolute atomic E-state index is 0.0373. The average molecular weight is 426 g/mol. The maximum Gasteiger partial charge on any atom is 0.315 e. The lowest BCUT2D eigenvalue weighted by atomic mass is 9.69. The molecule has 1 aliphatic carbocycles. The van der Waals surface area contributed by atoms with E-state index in [2.05, 4.69) is 11.9 Å². The first kappa shape index (κ1) is 20.4. The molecular formula is C24H21ClFNO3. The summed E-state index contributed by atoms with van der Waals surface area (Å²) in [6.45, 7) is 4.00. The van der Waals surface area contributed by atoms with Gasteiger partial charge in [0.1, 0.15) is 11.7 Å². The number of hydrogen-bond acceptors (Lipinski definition) is 4. The Balaban J connectivity index is 1.81. The van der Waals surface area contributed by atoms with E-state index in [1.165, 1.54) is 13.2 Å². The fourth-order valence-electron chi connectivity index (χ4n) is 4.49. The van der Waals surface area contributed by atoms with Crippen molar-refractivity contribution in [1.29, 1.82) is 0 Å². The van der Waals surface area contributed by atoms with E-state index < -0.39 is 23.6 Å². The normalized spacial score (nSPS) is 23.6. The molecule has 1 aliphatic heterocycles. The zero-order valence-corrected chi connectivity index (χ0v) is 17.2. The highest BCUT2D eigenvalue weighted by molar-refractivity contribution is 6.30. The van der Waals surface area contributed by atoms with E-state index in [4.69, 9.17) is 16.3 Å². The van der Waals surface area contributed by atoms with Crippen molar-refractivity contribution in [2.45, 2.75) is 24.7 Å². The molecule has 0 amide bonds. The van der Waals surface area contributed by atoms with Crippen LogP contribution in [0.4, 0.5) is 4.39 Å². The van der Waals surface area contributed by atoms with Gasteiger partial charge in [-0.2, -0.15) is 0 Å². The molecule has 0 aromatic heterocycles. The number of allylic oxidation sites excluding steroid dienone is 2. The number of carbonyl (C=O) groups excluding carboxylic acids is 2. The molecule has 30 heavy (non-hydrogen) atoms. The van der Waals surface area contributed by atoms with Crippen LogP contribution in [0.3, 0.4) is 0 Å². The standard InChI is InChI=1S/C24H21ClFNO3/c1-13-21(24(29)30-2)22(17-5-3-4-6-18(17)26)23-19(27-13)11-15(12-20(23)28)14-7-9-16(25)10-8-14/h3-10,15,21-22,27H,1,11-12H2,2H3. The predicted octanol–water partition coefficient (Wildman–Crippen LogP) is 4.87. The van der Waals surface area contributed by atoms with Crippen molar-refractivity contribution in [2.75, 3.05) is 7.11 Å². The number of ether oxygens (including phenoxy) is 1. The summed E-state index contributed by atoms with van der Waals surface area (Å²) in [5.41, 5.74) is 2.82. The lowest BCUT2D eigenvalue weighted by Crippen LogP contribution is -2.42. The summed E-state index contributed by atoms with van der Waals surface area (Å²) in [6.07, 6.45) is 0.827. The topological polar surface area (TPSA) is 55.4 Å². The monoisotopic (exact) mass is 425 g/mol. The number of methoxy groups -OCH3 is 1. The molecule has 6 heteroatoms. The summed E-state index contributed by atoms with van der Waals surface area (Å²) in [7, 11) is 1.27. The molecule has 3 atom stereocenters. The molecule has 0 fully saturated rings. The molecule has 0 bridgehead atoms. The van der Waals surface area contributed by atoms with Crippen LogP contribution in [0.15, 0.2) is 72.1 Å². The Bertz CT molecular complexity index is 1060. The van der Waals surface area contributed by atoms with Gasteiger partial charge in [-0.05, 0) is 41.7 Å². The highest BCUT2D eigenvalue weighted by atomic mass is 35.5. The minimum Gasteiger partial charge on any atom is -0.468 e. The molecule has 0 saturated carbocycles. The van der Waals surface area contributed by atoms with Gasteiger partial charge in [-0.15, -0.1) is 0 Å². The van der Waals surface area contributed by atoms with Gasteiger partial charge in [0.25, 0.3) is 0 Å². The van der Waals surface area contributed by atoms with Crippen LogP contribution in [0.5, 0.6) is 0 Å².